The van der Waals surface area contributed by atoms with Crippen molar-refractivity contribution in [2.24, 2.45) is 0 Å². The number of aromatic nitrogens is 1. The topological polar surface area (TPSA) is 4.93 Å². The summed E-state index contributed by atoms with van der Waals surface area (Å²) in [5.74, 6) is 0. The van der Waals surface area contributed by atoms with E-state index in [4.69, 9.17) is 0 Å². The van der Waals surface area contributed by atoms with Crippen molar-refractivity contribution in [2.75, 3.05) is 0 Å². The fourth-order valence-corrected chi connectivity index (χ4v) is 8.11. The van der Waals surface area contributed by atoms with Gasteiger partial charge in [0.25, 0.3) is 0 Å². The van der Waals surface area contributed by atoms with Gasteiger partial charge >= 0.3 is 0 Å². The minimum Gasteiger partial charge on any atom is -0.309 e. The van der Waals surface area contributed by atoms with E-state index in [1.54, 1.807) is 0 Å². The van der Waals surface area contributed by atoms with Gasteiger partial charge in [0.1, 0.15) is 0 Å². The molecule has 33 heavy (non-hydrogen) atoms. The van der Waals surface area contributed by atoms with E-state index in [0.29, 0.717) is 0 Å². The van der Waals surface area contributed by atoms with Gasteiger partial charge in [-0.25, -0.2) is 0 Å². The second-order valence-corrected chi connectivity index (χ2v) is 10.9. The molecule has 0 atom stereocenters. The van der Waals surface area contributed by atoms with E-state index in [2.05, 4.69) is 108 Å². The molecule has 0 saturated heterocycles. The number of thiophene rings is 2. The highest BCUT2D eigenvalue weighted by atomic mass is 32.2. The Morgan fingerprint density at radius 1 is 0.515 bits per heavy atom. The average Bonchev–Trinajstić information content (AvgIpc) is 3.51. The van der Waals surface area contributed by atoms with Crippen molar-refractivity contribution in [2.45, 2.75) is 0 Å². The van der Waals surface area contributed by atoms with E-state index in [1.807, 2.05) is 22.7 Å². The van der Waals surface area contributed by atoms with Gasteiger partial charge in [0.2, 0.25) is 0 Å². The first kappa shape index (κ1) is 17.8. The smallest absolute Gasteiger partial charge is 0.0890 e. The van der Waals surface area contributed by atoms with E-state index in [1.165, 1.54) is 67.8 Å². The Hall–Kier alpha value is -3.66. The zero-order valence-corrected chi connectivity index (χ0v) is 19.2. The van der Waals surface area contributed by atoms with Gasteiger partial charge in [-0.2, -0.15) is 0 Å². The fourth-order valence-electron chi connectivity index (χ4n) is 5.37. The van der Waals surface area contributed by atoms with Crippen molar-refractivity contribution < 1.29 is 0 Å². The van der Waals surface area contributed by atoms with Crippen molar-refractivity contribution >= 4 is 84.8 Å². The number of fused-ring (bicyclic) bond motifs is 10. The largest absolute Gasteiger partial charge is 0.309 e. The predicted octanol–water partition coefficient (Wildman–Crippen LogP) is 9.52. The number of nitrogens with zero attached hydrogens (tertiary/aromatic N) is 1. The molecule has 0 radical (unpaired) electrons. The van der Waals surface area contributed by atoms with Crippen molar-refractivity contribution in [1.82, 2.24) is 4.57 Å². The third kappa shape index (κ3) is 2.36. The lowest BCUT2D eigenvalue weighted by Gasteiger charge is -2.09. The molecular formula is C30H17NS2. The first-order valence-electron chi connectivity index (χ1n) is 11.1. The van der Waals surface area contributed by atoms with Crippen LogP contribution in [0.4, 0.5) is 0 Å². The summed E-state index contributed by atoms with van der Waals surface area (Å²) < 4.78 is 6.62. The maximum absolute atomic E-state index is 2.43. The predicted molar refractivity (Wildman–Crippen MR) is 147 cm³/mol. The third-order valence-corrected chi connectivity index (χ3v) is 9.29. The number of rotatable bonds is 1. The van der Waals surface area contributed by atoms with Crippen LogP contribution in [0.5, 0.6) is 0 Å². The van der Waals surface area contributed by atoms with Gasteiger partial charge in [0.05, 0.1) is 15.0 Å². The maximum Gasteiger partial charge on any atom is 0.0890 e. The van der Waals surface area contributed by atoms with Crippen molar-refractivity contribution in [3.05, 3.63) is 103 Å². The molecule has 0 N–H and O–H groups in total. The minimum atomic E-state index is 1.21. The molecule has 154 valence electrons. The Balaban J connectivity index is 1.54. The van der Waals surface area contributed by atoms with Gasteiger partial charge in [-0.05, 0) is 41.1 Å². The monoisotopic (exact) mass is 455 g/mol. The van der Waals surface area contributed by atoms with Crippen LogP contribution < -0.4 is 0 Å². The normalized spacial score (nSPS) is 12.2. The van der Waals surface area contributed by atoms with Gasteiger partial charge in [-0.1, -0.05) is 72.8 Å². The number of hydrogen-bond donors (Lipinski definition) is 0. The molecule has 1 nitrogen and oxygen atoms in total. The van der Waals surface area contributed by atoms with Crippen LogP contribution in [0.2, 0.25) is 0 Å². The highest BCUT2D eigenvalue weighted by Gasteiger charge is 2.19. The van der Waals surface area contributed by atoms with Crippen LogP contribution >= 0.6 is 22.7 Å². The van der Waals surface area contributed by atoms with Gasteiger partial charge in [0, 0.05) is 42.0 Å². The minimum absolute atomic E-state index is 1.21. The number of para-hydroxylation sites is 1. The van der Waals surface area contributed by atoms with Crippen LogP contribution in [-0.4, -0.2) is 4.57 Å². The molecule has 8 rings (SSSR count). The summed E-state index contributed by atoms with van der Waals surface area (Å²) in [7, 11) is 0. The van der Waals surface area contributed by atoms with E-state index in [-0.39, 0.29) is 0 Å². The zero-order valence-electron chi connectivity index (χ0n) is 17.6. The summed E-state index contributed by atoms with van der Waals surface area (Å²) in [6, 6.07) is 37.7. The lowest BCUT2D eigenvalue weighted by molar-refractivity contribution is 1.19. The molecule has 0 amide bonds. The second-order valence-electron chi connectivity index (χ2n) is 8.58. The molecule has 0 aliphatic rings. The van der Waals surface area contributed by atoms with Crippen LogP contribution in [0.25, 0.3) is 67.8 Å². The maximum atomic E-state index is 2.43. The van der Waals surface area contributed by atoms with Crippen molar-refractivity contribution in [3.63, 3.8) is 0 Å². The molecule has 0 fully saturated rings. The molecule has 3 heterocycles. The molecule has 0 bridgehead atoms. The Morgan fingerprint density at radius 2 is 1.30 bits per heavy atom. The van der Waals surface area contributed by atoms with Gasteiger partial charge in [-0.15, -0.1) is 22.7 Å². The van der Waals surface area contributed by atoms with Gasteiger partial charge < -0.3 is 4.57 Å². The molecule has 8 aromatic rings. The van der Waals surface area contributed by atoms with E-state index < -0.39 is 0 Å². The summed E-state index contributed by atoms with van der Waals surface area (Å²) in [5.41, 5.74) is 3.75. The zero-order chi connectivity index (χ0) is 21.5. The number of hydrogen-bond acceptors (Lipinski definition) is 2. The Bertz CT molecular complexity index is 2030. The average molecular weight is 456 g/mol. The summed E-state index contributed by atoms with van der Waals surface area (Å²) >= 11 is 3.87. The first-order valence-corrected chi connectivity index (χ1v) is 12.8. The van der Waals surface area contributed by atoms with Crippen molar-refractivity contribution in [1.29, 1.82) is 0 Å². The third-order valence-electron chi connectivity index (χ3n) is 6.81. The SMILES string of the molecule is c1ccc2cc(-n3c4ccccc4c4c5sc6sc7ccccc7c6c5ccc43)ccc2c1. The quantitative estimate of drug-likeness (QED) is 0.232. The summed E-state index contributed by atoms with van der Waals surface area (Å²) in [5, 5.41) is 9.40. The van der Waals surface area contributed by atoms with Crippen LogP contribution in [-0.2, 0) is 0 Å². The Kier molecular flexibility index (Phi) is 3.48. The molecule has 3 heteroatoms. The highest BCUT2D eigenvalue weighted by molar-refractivity contribution is 7.45. The van der Waals surface area contributed by atoms with Gasteiger partial charge in [0.15, 0.2) is 0 Å². The second kappa shape index (κ2) is 6.44. The van der Waals surface area contributed by atoms with Crippen LogP contribution in [0.3, 0.4) is 0 Å². The van der Waals surface area contributed by atoms with E-state index in [9.17, 15) is 0 Å². The van der Waals surface area contributed by atoms with Crippen molar-refractivity contribution in [3.8, 4) is 5.69 Å². The molecular weight excluding hydrogens is 438 g/mol. The molecule has 0 saturated carbocycles. The van der Waals surface area contributed by atoms with E-state index in [0.717, 1.165) is 0 Å². The standard InChI is InChI=1S/C30H17NS2/c1-2-8-19-17-20(14-13-18(19)7-1)31-24-11-5-3-9-21(24)28-25(31)16-15-23-27-22-10-4-6-12-26(22)32-30(27)33-29(23)28/h1-17H. The molecule has 3 aromatic heterocycles. The lowest BCUT2D eigenvalue weighted by Crippen LogP contribution is -1.93. The summed E-state index contributed by atoms with van der Waals surface area (Å²) in [4.78, 5) is 0. The van der Waals surface area contributed by atoms with Crippen LogP contribution in [0, 0.1) is 0 Å². The fraction of sp³-hybridized carbons (Fsp3) is 0. The Labute approximate surface area is 197 Å². The number of benzene rings is 5. The molecule has 0 spiro atoms. The summed E-state index contributed by atoms with van der Waals surface area (Å²) in [6.07, 6.45) is 0. The molecule has 5 aromatic carbocycles. The molecule has 0 aliphatic heterocycles. The first-order chi connectivity index (χ1) is 16.4. The van der Waals surface area contributed by atoms with E-state index >= 15 is 0 Å². The molecule has 0 unspecified atom stereocenters. The van der Waals surface area contributed by atoms with Crippen LogP contribution in [0.1, 0.15) is 0 Å². The molecule has 0 aliphatic carbocycles. The Morgan fingerprint density at radius 3 is 2.24 bits per heavy atom. The van der Waals surface area contributed by atoms with Crippen LogP contribution in [0.15, 0.2) is 103 Å². The lowest BCUT2D eigenvalue weighted by atomic mass is 10.1. The van der Waals surface area contributed by atoms with Gasteiger partial charge in [-0.3, -0.25) is 0 Å². The highest BCUT2D eigenvalue weighted by Crippen LogP contribution is 2.48. The summed E-state index contributed by atoms with van der Waals surface area (Å²) in [6.45, 7) is 0.